The van der Waals surface area contributed by atoms with E-state index in [1.807, 2.05) is 6.92 Å². The van der Waals surface area contributed by atoms with Gasteiger partial charge in [0.1, 0.15) is 6.79 Å². The van der Waals surface area contributed by atoms with Crippen molar-refractivity contribution in [2.75, 3.05) is 33.2 Å². The van der Waals surface area contributed by atoms with Crippen LogP contribution in [-0.4, -0.2) is 33.2 Å². The Morgan fingerprint density at radius 1 is 1.10 bits per heavy atom. The highest BCUT2D eigenvalue weighted by atomic mass is 16.7. The Morgan fingerprint density at radius 3 is 2.40 bits per heavy atom. The van der Waals surface area contributed by atoms with E-state index in [2.05, 4.69) is 6.92 Å². The van der Waals surface area contributed by atoms with Gasteiger partial charge >= 0.3 is 0 Å². The summed E-state index contributed by atoms with van der Waals surface area (Å²) in [5.74, 6) is 0. The fourth-order valence-electron chi connectivity index (χ4n) is 0.421. The Labute approximate surface area is 62.3 Å². The summed E-state index contributed by atoms with van der Waals surface area (Å²) in [6.07, 6.45) is 0. The molecule has 0 bridgehead atoms. The Bertz CT molecular complexity index is 48.8. The predicted octanol–water partition coefficient (Wildman–Crippen LogP) is 0.848. The summed E-state index contributed by atoms with van der Waals surface area (Å²) in [5.41, 5.74) is 0. The zero-order chi connectivity index (χ0) is 7.66. The molecule has 0 aliphatic rings. The van der Waals surface area contributed by atoms with E-state index < -0.39 is 0 Å². The zero-order valence-electron chi connectivity index (χ0n) is 6.47. The molecule has 0 aromatic rings. The molecule has 0 aromatic carbocycles. The molecule has 61 valence electrons. The lowest BCUT2D eigenvalue weighted by molar-refractivity contribution is -0.0639. The van der Waals surface area contributed by atoms with Gasteiger partial charge in [-0.05, 0) is 13.8 Å². The van der Waals surface area contributed by atoms with Crippen molar-refractivity contribution in [3.05, 3.63) is 6.92 Å². The molecule has 0 heterocycles. The lowest BCUT2D eigenvalue weighted by Crippen LogP contribution is -2.06. The average molecular weight is 147 g/mol. The van der Waals surface area contributed by atoms with Gasteiger partial charge in [0.05, 0.1) is 13.2 Å². The molecule has 0 atom stereocenters. The molecule has 3 nitrogen and oxygen atoms in total. The lowest BCUT2D eigenvalue weighted by Gasteiger charge is -2.02. The van der Waals surface area contributed by atoms with E-state index in [0.29, 0.717) is 33.2 Å². The molecule has 0 fully saturated rings. The first-order chi connectivity index (χ1) is 4.91. The predicted molar refractivity (Wildman–Crippen MR) is 38.6 cm³/mol. The van der Waals surface area contributed by atoms with Crippen LogP contribution >= 0.6 is 0 Å². The normalized spacial score (nSPS) is 10.2. The molecule has 0 N–H and O–H groups in total. The van der Waals surface area contributed by atoms with E-state index in [9.17, 15) is 0 Å². The first kappa shape index (κ1) is 9.88. The molecule has 1 radical (unpaired) electrons. The van der Waals surface area contributed by atoms with Crippen molar-refractivity contribution < 1.29 is 14.2 Å². The van der Waals surface area contributed by atoms with Crippen LogP contribution in [0.25, 0.3) is 0 Å². The molecule has 0 aliphatic carbocycles. The molecule has 0 saturated heterocycles. The van der Waals surface area contributed by atoms with Gasteiger partial charge in [-0.2, -0.15) is 0 Å². The Morgan fingerprint density at radius 2 is 1.80 bits per heavy atom. The van der Waals surface area contributed by atoms with Crippen LogP contribution in [0.1, 0.15) is 6.92 Å². The Hall–Kier alpha value is -0.120. The minimum atomic E-state index is 0.358. The fraction of sp³-hybridized carbons (Fsp3) is 0.857. The highest BCUT2D eigenvalue weighted by molar-refractivity contribution is 4.30. The molecule has 0 amide bonds. The molecule has 0 aliphatic heterocycles. The Balaban J connectivity index is 2.65. The van der Waals surface area contributed by atoms with Gasteiger partial charge in [0.15, 0.2) is 0 Å². The van der Waals surface area contributed by atoms with Gasteiger partial charge in [0.25, 0.3) is 0 Å². The van der Waals surface area contributed by atoms with Crippen molar-refractivity contribution in [3.63, 3.8) is 0 Å². The molecule has 0 spiro atoms. The largest absolute Gasteiger partial charge is 0.379 e. The van der Waals surface area contributed by atoms with Crippen LogP contribution < -0.4 is 0 Å². The Kier molecular flexibility index (Phi) is 8.77. The van der Waals surface area contributed by atoms with Gasteiger partial charge < -0.3 is 14.2 Å². The van der Waals surface area contributed by atoms with Crippen molar-refractivity contribution in [1.82, 2.24) is 0 Å². The molecule has 10 heavy (non-hydrogen) atoms. The maximum absolute atomic E-state index is 5.00. The van der Waals surface area contributed by atoms with Crippen LogP contribution in [0.4, 0.5) is 0 Å². The van der Waals surface area contributed by atoms with Gasteiger partial charge in [-0.3, -0.25) is 0 Å². The maximum atomic E-state index is 5.00. The van der Waals surface area contributed by atoms with Crippen molar-refractivity contribution in [2.24, 2.45) is 0 Å². The summed E-state index contributed by atoms with van der Waals surface area (Å²) >= 11 is 0. The van der Waals surface area contributed by atoms with Crippen molar-refractivity contribution in [2.45, 2.75) is 6.92 Å². The monoisotopic (exact) mass is 147 g/mol. The van der Waals surface area contributed by atoms with Crippen molar-refractivity contribution in [1.29, 1.82) is 0 Å². The van der Waals surface area contributed by atoms with E-state index in [1.165, 1.54) is 0 Å². The maximum Gasteiger partial charge on any atom is 0.146 e. The number of hydrogen-bond acceptors (Lipinski definition) is 3. The van der Waals surface area contributed by atoms with Crippen LogP contribution in [0, 0.1) is 6.92 Å². The second kappa shape index (κ2) is 8.88. The van der Waals surface area contributed by atoms with Crippen molar-refractivity contribution >= 4 is 0 Å². The van der Waals surface area contributed by atoms with Gasteiger partial charge in [0, 0.05) is 13.2 Å². The molecular formula is C7H15O3. The van der Waals surface area contributed by atoms with Crippen LogP contribution in [0.5, 0.6) is 0 Å². The third-order valence-corrected chi connectivity index (χ3v) is 0.887. The minimum Gasteiger partial charge on any atom is -0.379 e. The topological polar surface area (TPSA) is 27.7 Å². The summed E-state index contributed by atoms with van der Waals surface area (Å²) < 4.78 is 14.8. The second-order valence-electron chi connectivity index (χ2n) is 1.63. The third kappa shape index (κ3) is 7.88. The van der Waals surface area contributed by atoms with Crippen molar-refractivity contribution in [3.8, 4) is 0 Å². The third-order valence-electron chi connectivity index (χ3n) is 0.887. The van der Waals surface area contributed by atoms with E-state index in [-0.39, 0.29) is 0 Å². The highest BCUT2D eigenvalue weighted by Crippen LogP contribution is 1.79. The first-order valence-corrected chi connectivity index (χ1v) is 3.44. The lowest BCUT2D eigenvalue weighted by atomic mass is 10.7. The smallest absolute Gasteiger partial charge is 0.146 e. The number of ether oxygens (including phenoxy) is 3. The van der Waals surface area contributed by atoms with Crippen LogP contribution in [-0.2, 0) is 14.2 Å². The summed E-state index contributed by atoms with van der Waals surface area (Å²) in [4.78, 5) is 0. The summed E-state index contributed by atoms with van der Waals surface area (Å²) in [5, 5.41) is 0. The standard InChI is InChI=1S/C7H15O3/c1-3-8-5-6-10-7-9-4-2/h1,3-7H2,2H3. The quantitative estimate of drug-likeness (QED) is 0.394. The summed E-state index contributed by atoms with van der Waals surface area (Å²) in [6.45, 7) is 8.16. The first-order valence-electron chi connectivity index (χ1n) is 3.44. The van der Waals surface area contributed by atoms with E-state index in [0.717, 1.165) is 0 Å². The molecule has 3 heteroatoms. The van der Waals surface area contributed by atoms with Gasteiger partial charge in [0.2, 0.25) is 0 Å². The molecule has 0 unspecified atom stereocenters. The van der Waals surface area contributed by atoms with Crippen LogP contribution in [0.2, 0.25) is 0 Å². The fourth-order valence-corrected chi connectivity index (χ4v) is 0.421. The van der Waals surface area contributed by atoms with Gasteiger partial charge in [-0.15, -0.1) is 0 Å². The SMILES string of the molecule is [CH2]COCCOCOCC. The highest BCUT2D eigenvalue weighted by Gasteiger charge is 1.85. The van der Waals surface area contributed by atoms with Crippen LogP contribution in [0.15, 0.2) is 0 Å². The number of hydrogen-bond donors (Lipinski definition) is 0. The molecular weight excluding hydrogens is 132 g/mol. The molecule has 0 saturated carbocycles. The zero-order valence-corrected chi connectivity index (χ0v) is 6.47. The van der Waals surface area contributed by atoms with E-state index >= 15 is 0 Å². The average Bonchev–Trinajstić information content (AvgIpc) is 1.97. The number of rotatable bonds is 7. The second-order valence-corrected chi connectivity index (χ2v) is 1.63. The minimum absolute atomic E-state index is 0.358. The van der Waals surface area contributed by atoms with E-state index in [1.54, 1.807) is 0 Å². The molecule has 0 aromatic heterocycles. The van der Waals surface area contributed by atoms with Crippen LogP contribution in [0.3, 0.4) is 0 Å². The van der Waals surface area contributed by atoms with Gasteiger partial charge in [-0.25, -0.2) is 0 Å². The summed E-state index contributed by atoms with van der Waals surface area (Å²) in [7, 11) is 0. The molecule has 0 rings (SSSR count). The van der Waals surface area contributed by atoms with E-state index in [4.69, 9.17) is 14.2 Å². The summed E-state index contributed by atoms with van der Waals surface area (Å²) in [6, 6.07) is 0. The van der Waals surface area contributed by atoms with Gasteiger partial charge in [-0.1, -0.05) is 0 Å².